The molecule has 0 saturated carbocycles. The zero-order valence-corrected chi connectivity index (χ0v) is 13.5. The van der Waals surface area contributed by atoms with E-state index in [0.29, 0.717) is 19.6 Å². The van der Waals surface area contributed by atoms with Crippen LogP contribution < -0.4 is 10.6 Å². The van der Waals surface area contributed by atoms with Crippen molar-refractivity contribution in [2.75, 3.05) is 25.1 Å². The summed E-state index contributed by atoms with van der Waals surface area (Å²) in [6.07, 6.45) is 0.414. The van der Waals surface area contributed by atoms with Gasteiger partial charge in [-0.15, -0.1) is 17.5 Å². The minimum absolute atomic E-state index is 0. The number of hydrogen-bond donors (Lipinski definition) is 2. The van der Waals surface area contributed by atoms with Crippen molar-refractivity contribution in [2.45, 2.75) is 12.5 Å². The van der Waals surface area contributed by atoms with Gasteiger partial charge in [0.2, 0.25) is 5.91 Å². The summed E-state index contributed by atoms with van der Waals surface area (Å²) in [5, 5.41) is 12.1. The molecule has 0 spiro atoms. The molecule has 8 heteroatoms. The molecule has 2 N–H and O–H groups in total. The van der Waals surface area contributed by atoms with E-state index in [1.807, 2.05) is 29.6 Å². The number of halogens is 1. The minimum Gasteiger partial charge on any atom is -0.378 e. The van der Waals surface area contributed by atoms with Gasteiger partial charge in [0, 0.05) is 35.6 Å². The molecule has 0 radical (unpaired) electrons. The highest BCUT2D eigenvalue weighted by molar-refractivity contribution is 7.03. The van der Waals surface area contributed by atoms with E-state index >= 15 is 0 Å². The molecule has 1 aromatic carbocycles. The molecule has 1 atom stereocenters. The maximum atomic E-state index is 12.0. The third-order valence-corrected chi connectivity index (χ3v) is 3.76. The van der Waals surface area contributed by atoms with Gasteiger partial charge >= 0.3 is 0 Å². The van der Waals surface area contributed by atoms with Crippen LogP contribution in [0.4, 0.5) is 5.69 Å². The van der Waals surface area contributed by atoms with Crippen LogP contribution in [-0.2, 0) is 9.53 Å². The van der Waals surface area contributed by atoms with Crippen LogP contribution >= 0.6 is 23.9 Å². The number of ether oxygens (including phenoxy) is 1. The fourth-order valence-electron chi connectivity index (χ4n) is 2.20. The Hall–Kier alpha value is -1.54. The van der Waals surface area contributed by atoms with E-state index in [0.717, 1.165) is 23.5 Å². The molecule has 1 fully saturated rings. The monoisotopic (exact) mass is 340 g/mol. The number of benzene rings is 1. The van der Waals surface area contributed by atoms with Crippen molar-refractivity contribution in [1.29, 1.82) is 0 Å². The average Bonchev–Trinajstić information content (AvgIpc) is 3.03. The van der Waals surface area contributed by atoms with Gasteiger partial charge < -0.3 is 15.4 Å². The van der Waals surface area contributed by atoms with Crippen LogP contribution in [0.1, 0.15) is 6.42 Å². The summed E-state index contributed by atoms with van der Waals surface area (Å²) in [4.78, 5) is 12.0. The van der Waals surface area contributed by atoms with Crippen molar-refractivity contribution in [1.82, 2.24) is 14.9 Å². The zero-order chi connectivity index (χ0) is 14.5. The van der Waals surface area contributed by atoms with Crippen LogP contribution in [0, 0.1) is 0 Å². The molecule has 1 amide bonds. The van der Waals surface area contributed by atoms with E-state index in [1.54, 1.807) is 0 Å². The summed E-state index contributed by atoms with van der Waals surface area (Å²) in [6, 6.07) is 7.69. The normalized spacial score (nSPS) is 17.5. The van der Waals surface area contributed by atoms with Crippen LogP contribution in [0.25, 0.3) is 11.3 Å². The molecule has 2 aromatic rings. The van der Waals surface area contributed by atoms with Crippen molar-refractivity contribution >= 4 is 35.5 Å². The highest BCUT2D eigenvalue weighted by atomic mass is 35.5. The fourth-order valence-corrected chi connectivity index (χ4v) is 2.67. The topological polar surface area (TPSA) is 76.1 Å². The SMILES string of the molecule is Cl.O=C(CC1COCCN1)Nc1ccc(-c2csnn2)cc1. The van der Waals surface area contributed by atoms with Crippen molar-refractivity contribution in [2.24, 2.45) is 0 Å². The number of nitrogens with zero attached hydrogens (tertiary/aromatic N) is 2. The third-order valence-electron chi connectivity index (χ3n) is 3.25. The Bertz CT molecular complexity index is 585. The van der Waals surface area contributed by atoms with Crippen molar-refractivity contribution < 1.29 is 9.53 Å². The lowest BCUT2D eigenvalue weighted by atomic mass is 10.1. The highest BCUT2D eigenvalue weighted by Crippen LogP contribution is 2.20. The molecular formula is C14H17ClN4O2S. The lowest BCUT2D eigenvalue weighted by Gasteiger charge is -2.23. The standard InChI is InChI=1S/C14H16N4O2S.ClH/c19-14(7-12-8-20-6-5-15-12)16-11-3-1-10(2-4-11)13-9-21-18-17-13;/h1-4,9,12,15H,5-8H2,(H,16,19);1H. The zero-order valence-electron chi connectivity index (χ0n) is 11.8. The summed E-state index contributed by atoms with van der Waals surface area (Å²) in [5.41, 5.74) is 2.62. The predicted molar refractivity (Wildman–Crippen MR) is 88.4 cm³/mol. The first-order valence-electron chi connectivity index (χ1n) is 6.80. The van der Waals surface area contributed by atoms with E-state index < -0.39 is 0 Å². The van der Waals surface area contributed by atoms with Crippen LogP contribution in [0.5, 0.6) is 0 Å². The number of nitrogens with one attached hydrogen (secondary N) is 2. The number of carbonyl (C=O) groups excluding carboxylic acids is 1. The lowest BCUT2D eigenvalue weighted by Crippen LogP contribution is -2.43. The molecule has 2 heterocycles. The molecule has 1 unspecified atom stereocenters. The molecule has 0 aliphatic carbocycles. The van der Waals surface area contributed by atoms with E-state index in [1.165, 1.54) is 11.5 Å². The average molecular weight is 341 g/mol. The van der Waals surface area contributed by atoms with Crippen LogP contribution in [0.15, 0.2) is 29.6 Å². The molecule has 1 aromatic heterocycles. The summed E-state index contributed by atoms with van der Waals surface area (Å²) in [5.74, 6) is -0.0129. The van der Waals surface area contributed by atoms with Gasteiger partial charge in [-0.05, 0) is 23.7 Å². The van der Waals surface area contributed by atoms with E-state index in [2.05, 4.69) is 20.2 Å². The Labute approximate surface area is 138 Å². The molecular weight excluding hydrogens is 324 g/mol. The molecule has 1 aliphatic heterocycles. The first kappa shape index (κ1) is 16.8. The van der Waals surface area contributed by atoms with Crippen LogP contribution in [0.2, 0.25) is 0 Å². The van der Waals surface area contributed by atoms with Crippen molar-refractivity contribution in [3.8, 4) is 11.3 Å². The first-order valence-corrected chi connectivity index (χ1v) is 7.63. The number of morpholine rings is 1. The fraction of sp³-hybridized carbons (Fsp3) is 0.357. The summed E-state index contributed by atoms with van der Waals surface area (Å²) >= 11 is 1.32. The van der Waals surface area contributed by atoms with E-state index in [9.17, 15) is 4.79 Å². The molecule has 0 bridgehead atoms. The Kier molecular flexibility index (Phi) is 6.26. The van der Waals surface area contributed by atoms with E-state index in [4.69, 9.17) is 4.74 Å². The Morgan fingerprint density at radius 2 is 2.23 bits per heavy atom. The molecule has 1 aliphatic rings. The maximum absolute atomic E-state index is 12.0. The summed E-state index contributed by atoms with van der Waals surface area (Å²) < 4.78 is 9.17. The van der Waals surface area contributed by atoms with Gasteiger partial charge in [-0.25, -0.2) is 0 Å². The van der Waals surface area contributed by atoms with Gasteiger partial charge in [-0.2, -0.15) is 0 Å². The second-order valence-corrected chi connectivity index (χ2v) is 5.46. The minimum atomic E-state index is -0.0129. The van der Waals surface area contributed by atoms with Crippen LogP contribution in [-0.4, -0.2) is 41.3 Å². The van der Waals surface area contributed by atoms with Crippen LogP contribution in [0.3, 0.4) is 0 Å². The third kappa shape index (κ3) is 4.48. The van der Waals surface area contributed by atoms with Gasteiger partial charge in [-0.3, -0.25) is 4.79 Å². The van der Waals surface area contributed by atoms with Crippen molar-refractivity contribution in [3.63, 3.8) is 0 Å². The second kappa shape index (κ2) is 8.19. The van der Waals surface area contributed by atoms with Gasteiger partial charge in [0.05, 0.1) is 13.2 Å². The first-order chi connectivity index (χ1) is 10.3. The lowest BCUT2D eigenvalue weighted by molar-refractivity contribution is -0.117. The number of aromatic nitrogens is 2. The Morgan fingerprint density at radius 1 is 1.41 bits per heavy atom. The van der Waals surface area contributed by atoms with Gasteiger partial charge in [-0.1, -0.05) is 16.6 Å². The number of hydrogen-bond acceptors (Lipinski definition) is 6. The largest absolute Gasteiger partial charge is 0.378 e. The summed E-state index contributed by atoms with van der Waals surface area (Å²) in [6.45, 7) is 2.10. The Morgan fingerprint density at radius 3 is 2.86 bits per heavy atom. The van der Waals surface area contributed by atoms with E-state index in [-0.39, 0.29) is 24.4 Å². The smallest absolute Gasteiger partial charge is 0.226 e. The molecule has 3 rings (SSSR count). The van der Waals surface area contributed by atoms with Gasteiger partial charge in [0.15, 0.2) is 0 Å². The van der Waals surface area contributed by atoms with Gasteiger partial charge in [0.25, 0.3) is 0 Å². The van der Waals surface area contributed by atoms with Crippen molar-refractivity contribution in [3.05, 3.63) is 29.6 Å². The molecule has 6 nitrogen and oxygen atoms in total. The number of carbonyl (C=O) groups is 1. The number of rotatable bonds is 4. The predicted octanol–water partition coefficient (Wildman–Crippen LogP) is 1.94. The summed E-state index contributed by atoms with van der Waals surface area (Å²) in [7, 11) is 0. The second-order valence-electron chi connectivity index (χ2n) is 4.85. The quantitative estimate of drug-likeness (QED) is 0.889. The maximum Gasteiger partial charge on any atom is 0.226 e. The molecule has 22 heavy (non-hydrogen) atoms. The molecule has 1 saturated heterocycles. The number of anilines is 1. The molecule has 118 valence electrons. The number of amides is 1. The Balaban J connectivity index is 0.00000176. The van der Waals surface area contributed by atoms with Gasteiger partial charge in [0.1, 0.15) is 5.69 Å². The highest BCUT2D eigenvalue weighted by Gasteiger charge is 2.16.